The molecule has 1 aliphatic rings. The molecule has 0 radical (unpaired) electrons. The van der Waals surface area contributed by atoms with Gasteiger partial charge in [-0.2, -0.15) is 0 Å². The van der Waals surface area contributed by atoms with Gasteiger partial charge in [-0.05, 0) is 30.7 Å². The van der Waals surface area contributed by atoms with E-state index in [1.807, 2.05) is 6.07 Å². The number of hydrogen-bond acceptors (Lipinski definition) is 4. The van der Waals surface area contributed by atoms with Gasteiger partial charge in [-0.3, -0.25) is 0 Å². The number of rotatable bonds is 6. The zero-order chi connectivity index (χ0) is 18.5. The van der Waals surface area contributed by atoms with Crippen LogP contribution in [0.3, 0.4) is 0 Å². The molecule has 2 aromatic rings. The molecule has 5 nitrogen and oxygen atoms in total. The van der Waals surface area contributed by atoms with Crippen molar-refractivity contribution in [3.05, 3.63) is 47.5 Å². The minimum absolute atomic E-state index is 0.672. The van der Waals surface area contributed by atoms with Gasteiger partial charge in [0.05, 0.1) is 53.1 Å². The van der Waals surface area contributed by atoms with E-state index >= 15 is 0 Å². The van der Waals surface area contributed by atoms with Crippen LogP contribution in [0.4, 0.5) is 5.69 Å². The zero-order valence-corrected chi connectivity index (χ0v) is 16.2. The molecule has 1 heterocycles. The van der Waals surface area contributed by atoms with E-state index in [0.717, 1.165) is 44.0 Å². The van der Waals surface area contributed by atoms with Crippen LogP contribution in [0.15, 0.2) is 36.4 Å². The highest BCUT2D eigenvalue weighted by molar-refractivity contribution is 5.55. The van der Waals surface area contributed by atoms with Crippen LogP contribution in [0.5, 0.6) is 17.2 Å². The van der Waals surface area contributed by atoms with Gasteiger partial charge >= 0.3 is 0 Å². The van der Waals surface area contributed by atoms with Crippen LogP contribution in [-0.2, 0) is 6.54 Å². The highest BCUT2D eigenvalue weighted by Crippen LogP contribution is 2.39. The van der Waals surface area contributed by atoms with Crippen LogP contribution >= 0.6 is 0 Å². The van der Waals surface area contributed by atoms with E-state index in [9.17, 15) is 0 Å². The Morgan fingerprint density at radius 2 is 1.58 bits per heavy atom. The van der Waals surface area contributed by atoms with Crippen molar-refractivity contribution in [3.63, 3.8) is 0 Å². The van der Waals surface area contributed by atoms with Gasteiger partial charge in [-0.1, -0.05) is 18.2 Å². The summed E-state index contributed by atoms with van der Waals surface area (Å²) in [7, 11) is 4.98. The Balaban J connectivity index is 1.69. The summed E-state index contributed by atoms with van der Waals surface area (Å²) in [6, 6.07) is 12.7. The van der Waals surface area contributed by atoms with Gasteiger partial charge in [0.25, 0.3) is 0 Å². The van der Waals surface area contributed by atoms with Crippen LogP contribution in [-0.4, -0.2) is 47.5 Å². The normalized spacial score (nSPS) is 15.0. The molecule has 5 heteroatoms. The van der Waals surface area contributed by atoms with Crippen LogP contribution in [0.2, 0.25) is 0 Å². The molecule has 0 aliphatic carbocycles. The Bertz CT molecular complexity index is 740. The predicted molar refractivity (Wildman–Crippen MR) is 104 cm³/mol. The van der Waals surface area contributed by atoms with E-state index in [0.29, 0.717) is 11.5 Å². The van der Waals surface area contributed by atoms with Gasteiger partial charge < -0.3 is 24.0 Å². The van der Waals surface area contributed by atoms with E-state index in [1.54, 1.807) is 26.2 Å². The second-order valence-corrected chi connectivity index (χ2v) is 6.69. The molecule has 26 heavy (non-hydrogen) atoms. The zero-order valence-electron chi connectivity index (χ0n) is 16.2. The highest BCUT2D eigenvalue weighted by atomic mass is 16.5. The SMILES string of the molecule is COc1ccc(C[NH+]2CCN(c3ccccc3C)CC2)c(OC)c1OC. The summed E-state index contributed by atoms with van der Waals surface area (Å²) in [6.07, 6.45) is 0. The fraction of sp³-hybridized carbons (Fsp3) is 0.429. The van der Waals surface area contributed by atoms with Crippen molar-refractivity contribution in [1.82, 2.24) is 0 Å². The van der Waals surface area contributed by atoms with Gasteiger partial charge in [0.15, 0.2) is 11.5 Å². The van der Waals surface area contributed by atoms with E-state index in [2.05, 4.69) is 42.2 Å². The minimum Gasteiger partial charge on any atom is -0.493 e. The quantitative estimate of drug-likeness (QED) is 0.857. The van der Waals surface area contributed by atoms with Crippen molar-refractivity contribution >= 4 is 5.69 Å². The summed E-state index contributed by atoms with van der Waals surface area (Å²) in [6.45, 7) is 7.44. The third-order valence-electron chi connectivity index (χ3n) is 5.15. The Labute approximate surface area is 156 Å². The molecule has 140 valence electrons. The van der Waals surface area contributed by atoms with Gasteiger partial charge in [0.1, 0.15) is 6.54 Å². The molecule has 1 fully saturated rings. The Hall–Kier alpha value is -2.40. The van der Waals surface area contributed by atoms with Crippen LogP contribution in [0, 0.1) is 6.92 Å². The molecule has 2 aromatic carbocycles. The van der Waals surface area contributed by atoms with Crippen molar-refractivity contribution in [3.8, 4) is 17.2 Å². The first-order valence-corrected chi connectivity index (χ1v) is 9.10. The third-order valence-corrected chi connectivity index (χ3v) is 5.15. The largest absolute Gasteiger partial charge is 0.493 e. The number of nitrogens with one attached hydrogen (secondary N) is 1. The number of hydrogen-bond donors (Lipinski definition) is 1. The minimum atomic E-state index is 0.672. The summed E-state index contributed by atoms with van der Waals surface area (Å²) in [4.78, 5) is 4.05. The average Bonchev–Trinajstić information content (AvgIpc) is 2.68. The number of nitrogens with zero attached hydrogens (tertiary/aromatic N) is 1. The van der Waals surface area contributed by atoms with Crippen molar-refractivity contribution in [2.75, 3.05) is 52.4 Å². The lowest BCUT2D eigenvalue weighted by Gasteiger charge is -2.34. The van der Waals surface area contributed by atoms with Crippen molar-refractivity contribution in [1.29, 1.82) is 0 Å². The third kappa shape index (κ3) is 3.73. The molecule has 0 bridgehead atoms. The number of quaternary nitrogens is 1. The summed E-state index contributed by atoms with van der Waals surface area (Å²) in [5, 5.41) is 0. The number of methoxy groups -OCH3 is 3. The Kier molecular flexibility index (Phi) is 5.89. The molecule has 0 unspecified atom stereocenters. The van der Waals surface area contributed by atoms with Crippen molar-refractivity contribution < 1.29 is 19.1 Å². The van der Waals surface area contributed by atoms with Gasteiger partial charge in [-0.15, -0.1) is 0 Å². The van der Waals surface area contributed by atoms with E-state index in [1.165, 1.54) is 11.3 Å². The number of aryl methyl sites for hydroxylation is 1. The smallest absolute Gasteiger partial charge is 0.203 e. The number of para-hydroxylation sites is 1. The maximum atomic E-state index is 5.63. The van der Waals surface area contributed by atoms with Crippen molar-refractivity contribution in [2.24, 2.45) is 0 Å². The number of benzene rings is 2. The maximum Gasteiger partial charge on any atom is 0.203 e. The van der Waals surface area contributed by atoms with E-state index in [4.69, 9.17) is 14.2 Å². The van der Waals surface area contributed by atoms with Crippen molar-refractivity contribution in [2.45, 2.75) is 13.5 Å². The fourth-order valence-corrected chi connectivity index (χ4v) is 3.73. The summed E-state index contributed by atoms with van der Waals surface area (Å²) >= 11 is 0. The van der Waals surface area contributed by atoms with E-state index in [-0.39, 0.29) is 0 Å². The highest BCUT2D eigenvalue weighted by Gasteiger charge is 2.24. The van der Waals surface area contributed by atoms with Gasteiger partial charge in [0, 0.05) is 5.69 Å². The molecule has 0 aromatic heterocycles. The molecule has 0 atom stereocenters. The van der Waals surface area contributed by atoms with Crippen LogP contribution in [0.1, 0.15) is 11.1 Å². The maximum absolute atomic E-state index is 5.63. The monoisotopic (exact) mass is 357 g/mol. The molecule has 3 rings (SSSR count). The lowest BCUT2D eigenvalue weighted by molar-refractivity contribution is -0.914. The number of anilines is 1. The molecule has 0 saturated carbocycles. The van der Waals surface area contributed by atoms with E-state index < -0.39 is 0 Å². The Morgan fingerprint density at radius 1 is 0.885 bits per heavy atom. The van der Waals surface area contributed by atoms with Gasteiger partial charge in [-0.25, -0.2) is 0 Å². The molecule has 1 saturated heterocycles. The lowest BCUT2D eigenvalue weighted by atomic mass is 10.1. The predicted octanol–water partition coefficient (Wildman–Crippen LogP) is 1.93. The second kappa shape index (κ2) is 8.32. The molecule has 0 amide bonds. The first-order chi connectivity index (χ1) is 12.7. The van der Waals surface area contributed by atoms with Crippen LogP contribution < -0.4 is 24.0 Å². The first kappa shape index (κ1) is 18.4. The lowest BCUT2D eigenvalue weighted by Crippen LogP contribution is -3.13. The number of piperazine rings is 1. The molecule has 1 aliphatic heterocycles. The topological polar surface area (TPSA) is 35.4 Å². The van der Waals surface area contributed by atoms with Crippen LogP contribution in [0.25, 0.3) is 0 Å². The first-order valence-electron chi connectivity index (χ1n) is 9.10. The number of ether oxygens (including phenoxy) is 3. The summed E-state index contributed by atoms with van der Waals surface area (Å²) in [5.74, 6) is 2.15. The fourth-order valence-electron chi connectivity index (χ4n) is 3.73. The standard InChI is InChI=1S/C21H28N2O3/c1-16-7-5-6-8-18(16)23-13-11-22(12-14-23)15-17-9-10-19(24-2)21(26-4)20(17)25-3/h5-10H,11-15H2,1-4H3/p+1. The average molecular weight is 357 g/mol. The molecular weight excluding hydrogens is 328 g/mol. The second-order valence-electron chi connectivity index (χ2n) is 6.69. The van der Waals surface area contributed by atoms with Gasteiger partial charge in [0.2, 0.25) is 5.75 Å². The molecule has 1 N–H and O–H groups in total. The molecular formula is C21H29N2O3+. The summed E-state index contributed by atoms with van der Waals surface area (Å²) < 4.78 is 16.5. The Morgan fingerprint density at radius 3 is 2.19 bits per heavy atom. The molecule has 0 spiro atoms. The summed E-state index contributed by atoms with van der Waals surface area (Å²) in [5.41, 5.74) is 3.86.